The van der Waals surface area contributed by atoms with Crippen LogP contribution in [0.5, 0.6) is 0 Å². The van der Waals surface area contributed by atoms with Crippen LogP contribution in [-0.4, -0.2) is 25.8 Å². The lowest BCUT2D eigenvalue weighted by molar-refractivity contribution is -0.137. The molecule has 2 atom stereocenters. The van der Waals surface area contributed by atoms with Crippen LogP contribution in [0.3, 0.4) is 0 Å². The second-order valence-corrected chi connectivity index (χ2v) is 14.1. The molecule has 25 heavy (non-hydrogen) atoms. The van der Waals surface area contributed by atoms with Gasteiger partial charge >= 0.3 is 5.97 Å². The van der Waals surface area contributed by atoms with E-state index in [1.807, 2.05) is 0 Å². The minimum absolute atomic E-state index is 0.0828. The molecule has 1 aliphatic carbocycles. The van der Waals surface area contributed by atoms with Gasteiger partial charge in [-0.2, -0.15) is 0 Å². The largest absolute Gasteiger partial charge is 0.546 e. The fourth-order valence-electron chi connectivity index (χ4n) is 2.95. The van der Waals surface area contributed by atoms with E-state index in [0.29, 0.717) is 17.4 Å². The van der Waals surface area contributed by atoms with Crippen molar-refractivity contribution in [3.8, 4) is 11.8 Å². The van der Waals surface area contributed by atoms with E-state index in [1.54, 1.807) is 0 Å². The van der Waals surface area contributed by atoms with Gasteiger partial charge in [0.1, 0.15) is 0 Å². The van der Waals surface area contributed by atoms with Crippen molar-refractivity contribution in [1.82, 2.24) is 0 Å². The van der Waals surface area contributed by atoms with Gasteiger partial charge in [0.15, 0.2) is 0 Å². The average molecular weight is 476 g/mol. The second-order valence-electron chi connectivity index (χ2n) is 8.57. The molecule has 1 rings (SSSR count). The number of rotatable bonds is 4. The van der Waals surface area contributed by atoms with Crippen LogP contribution in [0.4, 0.5) is 0 Å². The number of hydrogen-bond acceptors (Lipinski definition) is 3. The molecule has 1 aliphatic rings. The van der Waals surface area contributed by atoms with E-state index in [9.17, 15) is 4.79 Å². The van der Waals surface area contributed by atoms with Gasteiger partial charge in [0, 0.05) is 6.42 Å². The van der Waals surface area contributed by atoms with Gasteiger partial charge in [-0.15, -0.1) is 0 Å². The summed E-state index contributed by atoms with van der Waals surface area (Å²) in [6, 6.07) is 0. The number of ether oxygens (including phenoxy) is 1. The van der Waals surface area contributed by atoms with Crippen molar-refractivity contribution < 1.29 is 14.0 Å². The Labute approximate surface area is 168 Å². The van der Waals surface area contributed by atoms with Crippen molar-refractivity contribution in [1.29, 1.82) is 0 Å². The first kappa shape index (κ1) is 22.6. The maximum atomic E-state index is 12.6. The molecule has 0 unspecified atom stereocenters. The number of carbonyl (C=O) groups is 1. The zero-order valence-electron chi connectivity index (χ0n) is 17.0. The third kappa shape index (κ3) is 5.49. The summed E-state index contributed by atoms with van der Waals surface area (Å²) in [7, 11) is -0.573. The zero-order valence-corrected chi connectivity index (χ0v) is 20.1. The summed E-state index contributed by atoms with van der Waals surface area (Å²) in [4.78, 5) is 12.6. The van der Waals surface area contributed by atoms with E-state index in [-0.39, 0.29) is 16.9 Å². The second kappa shape index (κ2) is 8.94. The van der Waals surface area contributed by atoms with E-state index >= 15 is 0 Å². The molecular weight excluding hydrogens is 443 g/mol. The minimum atomic E-state index is -2.02. The van der Waals surface area contributed by atoms with Crippen LogP contribution in [0.25, 0.3) is 0 Å². The maximum absolute atomic E-state index is 12.6. The van der Waals surface area contributed by atoms with E-state index in [0.717, 1.165) is 23.0 Å². The molecule has 0 spiro atoms. The Bertz CT molecular complexity index is 576. The molecule has 0 saturated heterocycles. The molecule has 0 bridgehead atoms. The van der Waals surface area contributed by atoms with Crippen LogP contribution in [0.15, 0.2) is 11.3 Å². The van der Waals surface area contributed by atoms with Gasteiger partial charge in [0.2, 0.25) is 8.32 Å². The lowest BCUT2D eigenvalue weighted by Crippen LogP contribution is -2.42. The van der Waals surface area contributed by atoms with Gasteiger partial charge in [-0.3, -0.25) is 0 Å². The molecule has 0 aromatic carbocycles. The van der Waals surface area contributed by atoms with Crippen LogP contribution < -0.4 is 0 Å². The third-order valence-electron chi connectivity index (χ3n) is 5.51. The molecule has 142 valence electrons. The highest BCUT2D eigenvalue weighted by atomic mass is 127. The van der Waals surface area contributed by atoms with Gasteiger partial charge in [-0.05, 0) is 36.4 Å². The molecule has 3 nitrogen and oxygen atoms in total. The molecule has 0 radical (unpaired) electrons. The third-order valence-corrected chi connectivity index (χ3v) is 10.3. The molecule has 0 amide bonds. The van der Waals surface area contributed by atoms with Gasteiger partial charge in [-0.1, -0.05) is 69.1 Å². The average Bonchev–Trinajstić information content (AvgIpc) is 2.50. The summed E-state index contributed by atoms with van der Waals surface area (Å²) in [5.74, 6) is 7.77. The molecular formula is C20H33IO3Si. The van der Waals surface area contributed by atoms with E-state index < -0.39 is 8.32 Å². The van der Waals surface area contributed by atoms with Crippen molar-refractivity contribution in [3.63, 3.8) is 0 Å². The normalized spacial score (nSPS) is 21.7. The van der Waals surface area contributed by atoms with Crippen LogP contribution >= 0.6 is 22.6 Å². The number of allylic oxidation sites excluding steroid dienone is 1. The van der Waals surface area contributed by atoms with Crippen molar-refractivity contribution in [2.45, 2.75) is 65.6 Å². The van der Waals surface area contributed by atoms with E-state index in [1.165, 1.54) is 7.11 Å². The first-order chi connectivity index (χ1) is 11.5. The number of halogens is 1. The Morgan fingerprint density at radius 2 is 1.96 bits per heavy atom. The molecule has 0 aromatic heterocycles. The smallest absolute Gasteiger partial charge is 0.338 e. The summed E-state index contributed by atoms with van der Waals surface area (Å²) in [6.45, 7) is 15.5. The van der Waals surface area contributed by atoms with Gasteiger partial charge in [0.25, 0.3) is 0 Å². The van der Waals surface area contributed by atoms with Crippen LogP contribution in [-0.2, 0) is 14.0 Å². The lowest BCUT2D eigenvalue weighted by atomic mass is 9.72. The van der Waals surface area contributed by atoms with Gasteiger partial charge in [-0.25, -0.2) is 4.79 Å². The van der Waals surface area contributed by atoms with Gasteiger partial charge in [0.05, 0.1) is 28.8 Å². The summed E-state index contributed by atoms with van der Waals surface area (Å²) >= 11 is 2.25. The highest BCUT2D eigenvalue weighted by Gasteiger charge is 2.43. The quantitative estimate of drug-likeness (QED) is 0.175. The van der Waals surface area contributed by atoms with Crippen LogP contribution in [0.1, 0.15) is 47.5 Å². The van der Waals surface area contributed by atoms with Gasteiger partial charge < -0.3 is 9.16 Å². The minimum Gasteiger partial charge on any atom is -0.546 e. The molecule has 0 saturated carbocycles. The lowest BCUT2D eigenvalue weighted by Gasteiger charge is -2.41. The summed E-state index contributed by atoms with van der Waals surface area (Å²) in [5, 5.41) is 0.0828. The number of esters is 1. The molecule has 0 aromatic rings. The molecule has 0 N–H and O–H groups in total. The van der Waals surface area contributed by atoms with E-state index in [4.69, 9.17) is 9.16 Å². The van der Waals surface area contributed by atoms with E-state index in [2.05, 4.69) is 82.1 Å². The summed E-state index contributed by atoms with van der Waals surface area (Å²) in [6.07, 6.45) is 1.80. The number of alkyl halides is 1. The maximum Gasteiger partial charge on any atom is 0.338 e. The highest BCUT2D eigenvalue weighted by molar-refractivity contribution is 14.1. The molecule has 0 heterocycles. The van der Waals surface area contributed by atoms with Crippen molar-refractivity contribution >= 4 is 36.9 Å². The molecule has 0 aliphatic heterocycles. The topological polar surface area (TPSA) is 35.5 Å². The highest BCUT2D eigenvalue weighted by Crippen LogP contribution is 2.44. The monoisotopic (exact) mass is 476 g/mol. The Morgan fingerprint density at radius 3 is 2.40 bits per heavy atom. The van der Waals surface area contributed by atoms with Crippen molar-refractivity contribution in [3.05, 3.63) is 11.3 Å². The van der Waals surface area contributed by atoms with Crippen LogP contribution in [0, 0.1) is 29.6 Å². The van der Waals surface area contributed by atoms with Crippen molar-refractivity contribution in [2.75, 3.05) is 11.5 Å². The Kier molecular flexibility index (Phi) is 8.07. The predicted octanol–water partition coefficient (Wildman–Crippen LogP) is 5.56. The fourth-order valence-corrected chi connectivity index (χ4v) is 4.30. The Hall–Kier alpha value is -0.483. The van der Waals surface area contributed by atoms with Crippen molar-refractivity contribution in [2.24, 2.45) is 17.8 Å². The first-order valence-electron chi connectivity index (χ1n) is 9.01. The first-order valence-corrected chi connectivity index (χ1v) is 13.4. The standard InChI is InChI=1S/C20H33IO3Si/c1-14(2)15-11-12-17(24-25(7,8)20(3,4)5)18(19(22)23-6)16(15)10-9-13-21/h14-16H,11-13H2,1-8H3/t15-,16-/m1/s1. The number of methoxy groups -OCH3 is 1. The summed E-state index contributed by atoms with van der Waals surface area (Å²) < 4.78 is 12.4. The molecule has 0 fully saturated rings. The number of hydrogen-bond donors (Lipinski definition) is 0. The fraction of sp³-hybridized carbons (Fsp3) is 0.750. The van der Waals surface area contributed by atoms with Crippen LogP contribution in [0.2, 0.25) is 18.1 Å². The number of carbonyl (C=O) groups excluding carboxylic acids is 1. The SMILES string of the molecule is COC(=O)C1=C(O[Si](C)(C)C(C)(C)C)CC[C@H](C(C)C)[C@H]1C#CCI. The summed E-state index contributed by atoms with van der Waals surface area (Å²) in [5.41, 5.74) is 0.662. The zero-order chi connectivity index (χ0) is 19.4. The molecule has 5 heteroatoms. The predicted molar refractivity (Wildman–Crippen MR) is 115 cm³/mol. The Morgan fingerprint density at radius 1 is 1.36 bits per heavy atom. The Balaban J connectivity index is 3.44.